The number of aliphatic hydroxyl groups excluding tert-OH is 4. The average Bonchev–Trinajstić information content (AvgIpc) is 2.73. The minimum atomic E-state index is -2.17. The summed E-state index contributed by atoms with van der Waals surface area (Å²) in [4.78, 5) is 22.7. The van der Waals surface area contributed by atoms with Crippen LogP contribution in [0.3, 0.4) is 0 Å². The Morgan fingerprint density at radius 1 is 1.04 bits per heavy atom. The summed E-state index contributed by atoms with van der Waals surface area (Å²) in [6, 6.07) is 0. The molecule has 11 heteroatoms. The SMILES string of the molecule is C[C@@H]1C(C(=O)O)C2(O)O[C@@H](O[C@@H]3C(C(=O)O)C[C@@H](O)C(O)C3O)C(O)C12. The van der Waals surface area contributed by atoms with Gasteiger partial charge in [0.1, 0.15) is 30.3 Å². The van der Waals surface area contributed by atoms with Crippen LogP contribution in [0.15, 0.2) is 0 Å². The maximum Gasteiger partial charge on any atom is 0.312 e. The first-order valence-electron chi connectivity index (χ1n) is 8.24. The Bertz CT molecular complexity index is 596. The van der Waals surface area contributed by atoms with E-state index in [-0.39, 0.29) is 0 Å². The van der Waals surface area contributed by atoms with Crippen molar-refractivity contribution in [2.75, 3.05) is 0 Å². The van der Waals surface area contributed by atoms with E-state index in [0.717, 1.165) is 0 Å². The van der Waals surface area contributed by atoms with E-state index >= 15 is 0 Å². The lowest BCUT2D eigenvalue weighted by atomic mass is 9.59. The second-order valence-corrected chi connectivity index (χ2v) is 7.26. The van der Waals surface area contributed by atoms with Crippen molar-refractivity contribution in [2.24, 2.45) is 23.7 Å². The largest absolute Gasteiger partial charge is 0.481 e. The highest BCUT2D eigenvalue weighted by atomic mass is 16.8. The highest BCUT2D eigenvalue weighted by Crippen LogP contribution is 2.57. The Hall–Kier alpha value is -1.34. The molecule has 1 aliphatic heterocycles. The van der Waals surface area contributed by atoms with Crippen molar-refractivity contribution in [2.45, 2.75) is 55.9 Å². The van der Waals surface area contributed by atoms with Crippen LogP contribution in [0.2, 0.25) is 0 Å². The van der Waals surface area contributed by atoms with E-state index in [9.17, 15) is 45.3 Å². The number of carboxylic acid groups (broad SMARTS) is 2. The number of hydrogen-bond donors (Lipinski definition) is 7. The molecule has 11 nitrogen and oxygen atoms in total. The van der Waals surface area contributed by atoms with Gasteiger partial charge < -0.3 is 45.2 Å². The Labute approximate surface area is 147 Å². The van der Waals surface area contributed by atoms with Crippen molar-refractivity contribution >= 4 is 11.9 Å². The normalized spacial score (nSPS) is 53.6. The van der Waals surface area contributed by atoms with Gasteiger partial charge in [0.2, 0.25) is 0 Å². The number of carbonyl (C=O) groups is 2. The molecule has 3 fully saturated rings. The van der Waals surface area contributed by atoms with Crippen LogP contribution in [0.4, 0.5) is 0 Å². The molecule has 0 bridgehead atoms. The lowest BCUT2D eigenvalue weighted by Gasteiger charge is -2.50. The highest BCUT2D eigenvalue weighted by Gasteiger charge is 2.73. The molecule has 7 N–H and O–H groups in total. The fourth-order valence-corrected chi connectivity index (χ4v) is 4.46. The van der Waals surface area contributed by atoms with Gasteiger partial charge in [-0.15, -0.1) is 0 Å². The van der Waals surface area contributed by atoms with Gasteiger partial charge in [-0.2, -0.15) is 0 Å². The minimum Gasteiger partial charge on any atom is -0.481 e. The van der Waals surface area contributed by atoms with Crippen LogP contribution in [-0.2, 0) is 19.1 Å². The number of aliphatic carboxylic acids is 2. The van der Waals surface area contributed by atoms with Gasteiger partial charge in [0.25, 0.3) is 0 Å². The molecule has 7 unspecified atom stereocenters. The number of ether oxygens (including phenoxy) is 2. The second-order valence-electron chi connectivity index (χ2n) is 7.26. The molecule has 2 saturated carbocycles. The van der Waals surface area contributed by atoms with E-state index in [1.54, 1.807) is 0 Å². The molecule has 148 valence electrons. The summed E-state index contributed by atoms with van der Waals surface area (Å²) in [5.74, 6) is -9.18. The first-order chi connectivity index (χ1) is 12.0. The maximum atomic E-state index is 11.4. The zero-order chi connectivity index (χ0) is 19.5. The minimum absolute atomic E-state index is 0.400. The number of rotatable bonds is 4. The van der Waals surface area contributed by atoms with Crippen molar-refractivity contribution in [1.82, 2.24) is 0 Å². The van der Waals surface area contributed by atoms with Crippen LogP contribution in [0.25, 0.3) is 0 Å². The van der Waals surface area contributed by atoms with Crippen molar-refractivity contribution in [3.8, 4) is 0 Å². The number of fused-ring (bicyclic) bond motifs is 1. The van der Waals surface area contributed by atoms with Gasteiger partial charge in [-0.3, -0.25) is 9.59 Å². The van der Waals surface area contributed by atoms with Gasteiger partial charge in [0.05, 0.1) is 12.0 Å². The fraction of sp³-hybridized carbons (Fsp3) is 0.867. The van der Waals surface area contributed by atoms with Gasteiger partial charge in [0, 0.05) is 5.92 Å². The zero-order valence-corrected chi connectivity index (χ0v) is 13.7. The van der Waals surface area contributed by atoms with Crippen LogP contribution in [0.1, 0.15) is 13.3 Å². The summed E-state index contributed by atoms with van der Waals surface area (Å²) in [7, 11) is 0. The molecule has 2 aliphatic carbocycles. The first-order valence-corrected chi connectivity index (χ1v) is 8.24. The Kier molecular flexibility index (Phi) is 4.76. The third kappa shape index (κ3) is 2.62. The summed E-state index contributed by atoms with van der Waals surface area (Å²) < 4.78 is 10.6. The number of aliphatic hydroxyl groups is 5. The van der Waals surface area contributed by atoms with Crippen LogP contribution in [-0.4, -0.2) is 90.3 Å². The quantitative estimate of drug-likeness (QED) is 0.262. The van der Waals surface area contributed by atoms with Crippen LogP contribution < -0.4 is 0 Å². The second kappa shape index (κ2) is 6.37. The molecule has 26 heavy (non-hydrogen) atoms. The Morgan fingerprint density at radius 3 is 2.19 bits per heavy atom. The van der Waals surface area contributed by atoms with Gasteiger partial charge in [-0.25, -0.2) is 0 Å². The summed E-state index contributed by atoms with van der Waals surface area (Å²) in [5, 5.41) is 68.8. The molecule has 11 atom stereocenters. The topological polar surface area (TPSA) is 194 Å². The van der Waals surface area contributed by atoms with E-state index < -0.39 is 84.6 Å². The van der Waals surface area contributed by atoms with E-state index in [2.05, 4.69) is 0 Å². The van der Waals surface area contributed by atoms with E-state index in [0.29, 0.717) is 0 Å². The third-order valence-electron chi connectivity index (χ3n) is 5.81. The Morgan fingerprint density at radius 2 is 1.65 bits per heavy atom. The van der Waals surface area contributed by atoms with Gasteiger partial charge in [-0.1, -0.05) is 6.92 Å². The number of hydrogen-bond acceptors (Lipinski definition) is 9. The van der Waals surface area contributed by atoms with Crippen molar-refractivity contribution in [3.63, 3.8) is 0 Å². The Balaban J connectivity index is 1.80. The standard InChI is InChI=1S/C15H22O11/c1-3-6-9(18)14(26-15(6,24)7(3)13(22)23)25-11-4(12(20)21)2-5(16)8(17)10(11)19/h3-11,14,16-19,24H,2H2,1H3,(H,20,21)(H,22,23)/t3-,4?,5+,6?,7?,8?,9?,10?,11+,14+,15?/m0/s1. The summed E-state index contributed by atoms with van der Waals surface area (Å²) >= 11 is 0. The molecular weight excluding hydrogens is 356 g/mol. The monoisotopic (exact) mass is 378 g/mol. The number of carboxylic acids is 2. The first kappa shape index (κ1) is 19.4. The maximum absolute atomic E-state index is 11.4. The van der Waals surface area contributed by atoms with E-state index in [1.807, 2.05) is 0 Å². The molecule has 0 aromatic rings. The predicted molar refractivity (Wildman–Crippen MR) is 78.2 cm³/mol. The molecule has 0 radical (unpaired) electrons. The van der Waals surface area contributed by atoms with Crippen molar-refractivity contribution in [3.05, 3.63) is 0 Å². The predicted octanol–water partition coefficient (Wildman–Crippen LogP) is -3.07. The molecule has 0 amide bonds. The molecule has 0 aromatic carbocycles. The molecular formula is C15H22O11. The summed E-state index contributed by atoms with van der Waals surface area (Å²) in [6.07, 6.45) is -9.92. The van der Waals surface area contributed by atoms with Gasteiger partial charge >= 0.3 is 11.9 Å². The molecule has 3 rings (SSSR count). The van der Waals surface area contributed by atoms with E-state index in [1.165, 1.54) is 6.92 Å². The fourth-order valence-electron chi connectivity index (χ4n) is 4.46. The van der Waals surface area contributed by atoms with Crippen LogP contribution in [0.5, 0.6) is 0 Å². The van der Waals surface area contributed by atoms with Crippen LogP contribution in [0, 0.1) is 23.7 Å². The highest BCUT2D eigenvalue weighted by molar-refractivity contribution is 5.73. The third-order valence-corrected chi connectivity index (χ3v) is 5.81. The summed E-state index contributed by atoms with van der Waals surface area (Å²) in [5.41, 5.74) is 0. The van der Waals surface area contributed by atoms with Gasteiger partial charge in [-0.05, 0) is 12.3 Å². The molecule has 0 aromatic heterocycles. The molecule has 1 heterocycles. The lowest BCUT2D eigenvalue weighted by Crippen LogP contribution is -2.64. The average molecular weight is 378 g/mol. The van der Waals surface area contributed by atoms with Crippen molar-refractivity contribution in [1.29, 1.82) is 0 Å². The van der Waals surface area contributed by atoms with Crippen LogP contribution >= 0.6 is 0 Å². The molecule has 1 saturated heterocycles. The molecule has 0 spiro atoms. The zero-order valence-electron chi connectivity index (χ0n) is 13.7. The lowest BCUT2D eigenvalue weighted by molar-refractivity contribution is -0.341. The molecule has 3 aliphatic rings. The summed E-state index contributed by atoms with van der Waals surface area (Å²) in [6.45, 7) is 1.52. The van der Waals surface area contributed by atoms with E-state index in [4.69, 9.17) is 9.47 Å². The van der Waals surface area contributed by atoms with Crippen molar-refractivity contribution < 1.29 is 54.8 Å². The van der Waals surface area contributed by atoms with Gasteiger partial charge in [0.15, 0.2) is 12.1 Å². The smallest absolute Gasteiger partial charge is 0.312 e.